The van der Waals surface area contributed by atoms with Gasteiger partial charge in [-0.3, -0.25) is 9.69 Å². The summed E-state index contributed by atoms with van der Waals surface area (Å²) in [5, 5.41) is 8.26. The number of aromatic nitrogens is 3. The standard InChI is InChI=1S/C22H29N5O2/c28-22(21-16-27(24-23-21)15-20-6-3-13-29-20)25-11-8-19(9-12-25)26-10-7-17-4-1-2-5-18(17)14-26/h1-2,4-5,16,19-20H,3,6-15H2. The number of likely N-dealkylation sites (tertiary alicyclic amines) is 1. The Bertz CT molecular complexity index is 852. The monoisotopic (exact) mass is 395 g/mol. The van der Waals surface area contributed by atoms with Crippen molar-refractivity contribution in [2.75, 3.05) is 26.2 Å². The van der Waals surface area contributed by atoms with Gasteiger partial charge in [-0.1, -0.05) is 29.5 Å². The Labute approximate surface area is 171 Å². The van der Waals surface area contributed by atoms with Gasteiger partial charge in [-0.25, -0.2) is 4.68 Å². The lowest BCUT2D eigenvalue weighted by Crippen LogP contribution is -2.48. The number of hydrogen-bond donors (Lipinski definition) is 0. The molecule has 5 rings (SSSR count). The lowest BCUT2D eigenvalue weighted by molar-refractivity contribution is 0.0593. The summed E-state index contributed by atoms with van der Waals surface area (Å²) < 4.78 is 7.40. The van der Waals surface area contributed by atoms with Gasteiger partial charge >= 0.3 is 0 Å². The number of piperidine rings is 1. The van der Waals surface area contributed by atoms with Crippen molar-refractivity contribution in [2.45, 2.75) is 57.3 Å². The Kier molecular flexibility index (Phi) is 5.33. The minimum Gasteiger partial charge on any atom is -0.376 e. The van der Waals surface area contributed by atoms with Crippen molar-refractivity contribution in [3.05, 3.63) is 47.3 Å². The van der Waals surface area contributed by atoms with Gasteiger partial charge in [-0.15, -0.1) is 5.10 Å². The average Bonchev–Trinajstić information content (AvgIpc) is 3.46. The van der Waals surface area contributed by atoms with Crippen LogP contribution < -0.4 is 0 Å². The van der Waals surface area contributed by atoms with Gasteiger partial charge in [0.25, 0.3) is 5.91 Å². The van der Waals surface area contributed by atoms with Crippen molar-refractivity contribution >= 4 is 5.91 Å². The molecule has 7 heteroatoms. The van der Waals surface area contributed by atoms with E-state index in [0.29, 0.717) is 18.3 Å². The lowest BCUT2D eigenvalue weighted by atomic mass is 9.95. The second kappa shape index (κ2) is 8.24. The Hall–Kier alpha value is -2.25. The molecule has 0 N–H and O–H groups in total. The summed E-state index contributed by atoms with van der Waals surface area (Å²) in [5.74, 6) is 0.00558. The number of fused-ring (bicyclic) bond motifs is 1. The molecule has 154 valence electrons. The van der Waals surface area contributed by atoms with Crippen LogP contribution in [-0.4, -0.2) is 69.1 Å². The van der Waals surface area contributed by atoms with E-state index in [1.54, 1.807) is 10.9 Å². The van der Waals surface area contributed by atoms with E-state index in [2.05, 4.69) is 39.5 Å². The molecular formula is C22H29N5O2. The maximum absolute atomic E-state index is 12.9. The smallest absolute Gasteiger partial charge is 0.276 e. The summed E-state index contributed by atoms with van der Waals surface area (Å²) in [4.78, 5) is 17.4. The lowest BCUT2D eigenvalue weighted by Gasteiger charge is -2.40. The van der Waals surface area contributed by atoms with E-state index >= 15 is 0 Å². The third-order valence-electron chi connectivity index (χ3n) is 6.60. The highest BCUT2D eigenvalue weighted by Crippen LogP contribution is 2.25. The van der Waals surface area contributed by atoms with Gasteiger partial charge in [0.2, 0.25) is 0 Å². The van der Waals surface area contributed by atoms with Gasteiger partial charge in [0.1, 0.15) is 0 Å². The molecule has 4 heterocycles. The SMILES string of the molecule is O=C(c1cn(CC2CCCO2)nn1)N1CCC(N2CCc3ccccc3C2)CC1. The predicted octanol–water partition coefficient (Wildman–Crippen LogP) is 2.12. The van der Waals surface area contributed by atoms with Crippen LogP contribution in [0.4, 0.5) is 0 Å². The topological polar surface area (TPSA) is 63.5 Å². The Morgan fingerprint density at radius 1 is 1.10 bits per heavy atom. The molecule has 1 amide bonds. The van der Waals surface area contributed by atoms with Crippen LogP contribution in [0, 0.1) is 0 Å². The highest BCUT2D eigenvalue weighted by atomic mass is 16.5. The molecule has 1 atom stereocenters. The minimum absolute atomic E-state index is 0.00558. The van der Waals surface area contributed by atoms with Gasteiger partial charge in [-0.2, -0.15) is 0 Å². The molecule has 2 fully saturated rings. The molecule has 1 aromatic carbocycles. The highest BCUT2D eigenvalue weighted by Gasteiger charge is 2.30. The van der Waals surface area contributed by atoms with E-state index in [9.17, 15) is 4.79 Å². The summed E-state index contributed by atoms with van der Waals surface area (Å²) >= 11 is 0. The zero-order valence-electron chi connectivity index (χ0n) is 16.9. The summed E-state index contributed by atoms with van der Waals surface area (Å²) in [7, 11) is 0. The van der Waals surface area contributed by atoms with Crippen LogP contribution in [0.25, 0.3) is 0 Å². The molecule has 1 aromatic heterocycles. The Morgan fingerprint density at radius 3 is 2.72 bits per heavy atom. The number of benzene rings is 1. The highest BCUT2D eigenvalue weighted by molar-refractivity contribution is 5.92. The minimum atomic E-state index is 0.00558. The number of carbonyl (C=O) groups is 1. The van der Waals surface area contributed by atoms with Crippen LogP contribution in [0.2, 0.25) is 0 Å². The van der Waals surface area contributed by atoms with E-state index < -0.39 is 0 Å². The third-order valence-corrected chi connectivity index (χ3v) is 6.60. The molecule has 2 aromatic rings. The molecule has 0 spiro atoms. The summed E-state index contributed by atoms with van der Waals surface area (Å²) in [6, 6.07) is 9.33. The quantitative estimate of drug-likeness (QED) is 0.794. The third kappa shape index (κ3) is 4.07. The molecule has 0 bridgehead atoms. The summed E-state index contributed by atoms with van der Waals surface area (Å²) in [5.41, 5.74) is 3.40. The fraction of sp³-hybridized carbons (Fsp3) is 0.591. The summed E-state index contributed by atoms with van der Waals surface area (Å²) in [6.45, 7) is 5.24. The number of carbonyl (C=O) groups excluding carboxylic acids is 1. The number of amides is 1. The normalized spacial score (nSPS) is 23.3. The van der Waals surface area contributed by atoms with E-state index in [-0.39, 0.29) is 12.0 Å². The van der Waals surface area contributed by atoms with E-state index in [1.807, 2.05) is 4.90 Å². The summed E-state index contributed by atoms with van der Waals surface area (Å²) in [6.07, 6.45) is 7.31. The Balaban J connectivity index is 1.15. The first-order chi connectivity index (χ1) is 14.3. The average molecular weight is 396 g/mol. The molecule has 7 nitrogen and oxygen atoms in total. The number of hydrogen-bond acceptors (Lipinski definition) is 5. The van der Waals surface area contributed by atoms with Crippen LogP contribution in [0.15, 0.2) is 30.5 Å². The van der Waals surface area contributed by atoms with E-state index in [1.165, 1.54) is 11.1 Å². The molecule has 2 saturated heterocycles. The van der Waals surface area contributed by atoms with Crippen molar-refractivity contribution < 1.29 is 9.53 Å². The maximum atomic E-state index is 12.9. The number of rotatable bonds is 4. The van der Waals surface area contributed by atoms with E-state index in [4.69, 9.17) is 4.74 Å². The van der Waals surface area contributed by atoms with Crippen LogP contribution in [0.3, 0.4) is 0 Å². The first kappa shape index (κ1) is 18.8. The predicted molar refractivity (Wildman–Crippen MR) is 108 cm³/mol. The van der Waals surface area contributed by atoms with Gasteiger partial charge in [-0.05, 0) is 43.2 Å². The van der Waals surface area contributed by atoms with Gasteiger partial charge in [0.15, 0.2) is 5.69 Å². The van der Waals surface area contributed by atoms with E-state index in [0.717, 1.165) is 64.9 Å². The van der Waals surface area contributed by atoms with Gasteiger partial charge in [0, 0.05) is 38.8 Å². The van der Waals surface area contributed by atoms with Crippen molar-refractivity contribution in [3.63, 3.8) is 0 Å². The molecular weight excluding hydrogens is 366 g/mol. The molecule has 3 aliphatic heterocycles. The van der Waals surface area contributed by atoms with Crippen molar-refractivity contribution in [1.82, 2.24) is 24.8 Å². The van der Waals surface area contributed by atoms with Crippen molar-refractivity contribution in [2.24, 2.45) is 0 Å². The van der Waals surface area contributed by atoms with Crippen LogP contribution >= 0.6 is 0 Å². The van der Waals surface area contributed by atoms with Gasteiger partial charge < -0.3 is 9.64 Å². The first-order valence-corrected chi connectivity index (χ1v) is 10.9. The van der Waals surface area contributed by atoms with Crippen molar-refractivity contribution in [3.8, 4) is 0 Å². The maximum Gasteiger partial charge on any atom is 0.276 e. The number of nitrogens with zero attached hydrogens (tertiary/aromatic N) is 5. The Morgan fingerprint density at radius 2 is 1.93 bits per heavy atom. The largest absolute Gasteiger partial charge is 0.376 e. The van der Waals surface area contributed by atoms with Gasteiger partial charge in [0.05, 0.1) is 18.8 Å². The second-order valence-corrected chi connectivity index (χ2v) is 8.47. The molecule has 29 heavy (non-hydrogen) atoms. The number of ether oxygens (including phenoxy) is 1. The fourth-order valence-electron chi connectivity index (χ4n) is 4.91. The second-order valence-electron chi connectivity index (χ2n) is 8.47. The molecule has 0 saturated carbocycles. The molecule has 3 aliphatic rings. The zero-order valence-corrected chi connectivity index (χ0v) is 16.9. The molecule has 0 aliphatic carbocycles. The van der Waals surface area contributed by atoms with Crippen molar-refractivity contribution in [1.29, 1.82) is 0 Å². The molecule has 0 radical (unpaired) electrons. The molecule has 1 unspecified atom stereocenters. The first-order valence-electron chi connectivity index (χ1n) is 10.9. The van der Waals surface area contributed by atoms with Crippen LogP contribution in [-0.2, 0) is 24.2 Å². The fourth-order valence-corrected chi connectivity index (χ4v) is 4.91. The van der Waals surface area contributed by atoms with Crippen LogP contribution in [0.1, 0.15) is 47.3 Å². The van der Waals surface area contributed by atoms with Crippen LogP contribution in [0.5, 0.6) is 0 Å². The zero-order chi connectivity index (χ0) is 19.6.